The maximum atomic E-state index is 8.55. The fraction of sp³-hybridized carbons (Fsp3) is 0. The number of phosphoric acid groups is 2. The fourth-order valence-corrected chi connectivity index (χ4v) is 0. The molecular formula is LaO8P2Tm. The summed E-state index contributed by atoms with van der Waals surface area (Å²) in [6.45, 7) is 0. The Hall–Kier alpha value is 2.65. The quantitative estimate of drug-likeness (QED) is 0.298. The van der Waals surface area contributed by atoms with Crippen molar-refractivity contribution in [2.24, 2.45) is 0 Å². The maximum Gasteiger partial charge on any atom is 3.00 e. The Morgan fingerprint density at radius 2 is 0.667 bits per heavy atom. The zero-order chi connectivity index (χ0) is 9.00. The second-order valence-electron chi connectivity index (χ2n) is 0.894. The van der Waals surface area contributed by atoms with Crippen LogP contribution in [0.5, 0.6) is 0 Å². The molecular weight excluding hydrogens is 498 g/mol. The van der Waals surface area contributed by atoms with Crippen molar-refractivity contribution in [1.82, 2.24) is 0 Å². The molecule has 0 heterocycles. The van der Waals surface area contributed by atoms with Crippen LogP contribution in [-0.2, 0) is 9.13 Å². The molecule has 0 N–H and O–H groups in total. The second-order valence-corrected chi connectivity index (χ2v) is 2.68. The first-order chi connectivity index (χ1) is 4.00. The van der Waals surface area contributed by atoms with Crippen molar-refractivity contribution in [2.75, 3.05) is 0 Å². The molecule has 0 aromatic heterocycles. The SMILES string of the molecule is O=P([O-])([O-])[O-].O=P([O-])([O-])[O-].[La+3].[Tm+3]. The molecule has 0 rings (SSSR count). The van der Waals surface area contributed by atoms with Crippen molar-refractivity contribution in [2.45, 2.75) is 0 Å². The molecule has 0 amide bonds. The fourth-order valence-electron chi connectivity index (χ4n) is 0. The molecule has 0 unspecified atom stereocenters. The normalized spacial score (nSPS) is 9.83. The molecule has 0 saturated heterocycles. The van der Waals surface area contributed by atoms with E-state index in [4.69, 9.17) is 38.5 Å². The molecule has 0 spiro atoms. The van der Waals surface area contributed by atoms with Gasteiger partial charge in [-0.25, -0.2) is 0 Å². The summed E-state index contributed by atoms with van der Waals surface area (Å²) in [5.41, 5.74) is 0. The van der Waals surface area contributed by atoms with Crippen LogP contribution in [0.4, 0.5) is 0 Å². The number of rotatable bonds is 0. The van der Waals surface area contributed by atoms with Gasteiger partial charge in [-0.2, -0.15) is 15.6 Å². The standard InChI is InChI=1S/La.2H3O4P.Tm/c;2*1-5(2,3)4;/h;2*(H3,1,2,3,4);/q+3;;;+3/p-6. The summed E-state index contributed by atoms with van der Waals surface area (Å²) in [6.07, 6.45) is 0. The number of hydrogen-bond acceptors (Lipinski definition) is 8. The number of hydrogen-bond donors (Lipinski definition) is 0. The van der Waals surface area contributed by atoms with E-state index in [1.54, 1.807) is 0 Å². The van der Waals surface area contributed by atoms with Gasteiger partial charge in [-0.3, -0.25) is 0 Å². The van der Waals surface area contributed by atoms with Crippen LogP contribution < -0.4 is 29.4 Å². The molecule has 0 fully saturated rings. The Bertz CT molecular complexity index is 129. The van der Waals surface area contributed by atoms with Crippen molar-refractivity contribution < 1.29 is 111 Å². The molecule has 8 nitrogen and oxygen atoms in total. The van der Waals surface area contributed by atoms with Crippen LogP contribution in [0.25, 0.3) is 0 Å². The van der Waals surface area contributed by atoms with Gasteiger partial charge < -0.3 is 38.5 Å². The molecule has 12 heteroatoms. The van der Waals surface area contributed by atoms with Gasteiger partial charge in [0.1, 0.15) is 0 Å². The first kappa shape index (κ1) is 24.1. The second kappa shape index (κ2) is 10.2. The minimum absolute atomic E-state index is 0. The Kier molecular flexibility index (Phi) is 20.4. The third kappa shape index (κ3) is 245. The van der Waals surface area contributed by atoms with E-state index in [-0.39, 0.29) is 72.5 Å². The minimum atomic E-state index is -5.39. The summed E-state index contributed by atoms with van der Waals surface area (Å²) in [4.78, 5) is 51.3. The van der Waals surface area contributed by atoms with Crippen molar-refractivity contribution in [1.29, 1.82) is 0 Å². The topological polar surface area (TPSA) is 172 Å². The van der Waals surface area contributed by atoms with Gasteiger partial charge in [0.2, 0.25) is 0 Å². The van der Waals surface area contributed by atoms with E-state index >= 15 is 0 Å². The first-order valence-corrected chi connectivity index (χ1v) is 4.38. The van der Waals surface area contributed by atoms with Crippen molar-refractivity contribution in [3.05, 3.63) is 0 Å². The van der Waals surface area contributed by atoms with Gasteiger partial charge in [0, 0.05) is 0 Å². The van der Waals surface area contributed by atoms with E-state index in [1.165, 1.54) is 0 Å². The Morgan fingerprint density at radius 3 is 0.667 bits per heavy atom. The van der Waals surface area contributed by atoms with E-state index in [2.05, 4.69) is 0 Å². The van der Waals surface area contributed by atoms with Crippen LogP contribution in [0.3, 0.4) is 0 Å². The van der Waals surface area contributed by atoms with E-state index in [0.717, 1.165) is 0 Å². The molecule has 12 heavy (non-hydrogen) atoms. The smallest absolute Gasteiger partial charge is 0.822 e. The Morgan fingerprint density at radius 1 is 0.667 bits per heavy atom. The van der Waals surface area contributed by atoms with E-state index in [9.17, 15) is 0 Å². The van der Waals surface area contributed by atoms with Gasteiger partial charge in [-0.05, 0) is 0 Å². The largest absolute Gasteiger partial charge is 3.00 e. The van der Waals surface area contributed by atoms with Crippen molar-refractivity contribution in [3.63, 3.8) is 0 Å². The maximum absolute atomic E-state index is 8.55. The van der Waals surface area contributed by atoms with Crippen LogP contribution in [0.15, 0.2) is 0 Å². The van der Waals surface area contributed by atoms with Crippen LogP contribution in [-0.4, -0.2) is 0 Å². The molecule has 0 aliphatic carbocycles. The Labute approximate surface area is 125 Å². The summed E-state index contributed by atoms with van der Waals surface area (Å²) in [5.74, 6) is 0. The monoisotopic (exact) mass is 498 g/mol. The zero-order valence-corrected chi connectivity index (χ0v) is 12.2. The first-order valence-electron chi connectivity index (χ1n) is 1.46. The van der Waals surface area contributed by atoms with Crippen LogP contribution >= 0.6 is 15.6 Å². The predicted molar refractivity (Wildman–Crippen MR) is 15.2 cm³/mol. The average molecular weight is 498 g/mol. The van der Waals surface area contributed by atoms with Gasteiger partial charge in [0.15, 0.2) is 0 Å². The van der Waals surface area contributed by atoms with Gasteiger partial charge in [-0.15, -0.1) is 0 Å². The summed E-state index contributed by atoms with van der Waals surface area (Å²) in [5, 5.41) is 0. The van der Waals surface area contributed by atoms with Gasteiger partial charge >= 0.3 is 72.5 Å². The third-order valence-electron chi connectivity index (χ3n) is 0. The summed E-state index contributed by atoms with van der Waals surface area (Å²) < 4.78 is 17.1. The van der Waals surface area contributed by atoms with Crippen LogP contribution in [0, 0.1) is 72.5 Å². The van der Waals surface area contributed by atoms with Gasteiger partial charge in [0.25, 0.3) is 0 Å². The molecule has 0 aliphatic rings. The molecule has 0 bridgehead atoms. The molecule has 0 radical (unpaired) electrons. The Balaban J connectivity index is -0.0000000457. The van der Waals surface area contributed by atoms with Crippen LogP contribution in [0.1, 0.15) is 0 Å². The van der Waals surface area contributed by atoms with E-state index in [0.29, 0.717) is 0 Å². The predicted octanol–water partition coefficient (Wildman–Crippen LogP) is -5.65. The van der Waals surface area contributed by atoms with E-state index < -0.39 is 15.6 Å². The zero-order valence-electron chi connectivity index (χ0n) is 5.02. The summed E-state index contributed by atoms with van der Waals surface area (Å²) in [7, 11) is -10.8. The van der Waals surface area contributed by atoms with Gasteiger partial charge in [0.05, 0.1) is 0 Å². The molecule has 0 saturated carbocycles. The average Bonchev–Trinajstić information content (AvgIpc) is 1.12. The third-order valence-corrected chi connectivity index (χ3v) is 0. The molecule has 0 aromatic rings. The van der Waals surface area contributed by atoms with Crippen LogP contribution in [0.2, 0.25) is 0 Å². The van der Waals surface area contributed by atoms with Gasteiger partial charge in [-0.1, -0.05) is 0 Å². The van der Waals surface area contributed by atoms with Crippen molar-refractivity contribution >= 4 is 15.6 Å². The molecule has 74 valence electrons. The molecule has 0 aliphatic heterocycles. The van der Waals surface area contributed by atoms with E-state index in [1.807, 2.05) is 0 Å². The van der Waals surface area contributed by atoms with Crippen molar-refractivity contribution in [3.8, 4) is 0 Å². The molecule has 0 aromatic carbocycles. The molecule has 0 atom stereocenters. The minimum Gasteiger partial charge on any atom is -0.822 e. The summed E-state index contributed by atoms with van der Waals surface area (Å²) in [6, 6.07) is 0. The summed E-state index contributed by atoms with van der Waals surface area (Å²) >= 11 is 0.